The number of hydrogen-bond donors (Lipinski definition) is 2. The lowest BCUT2D eigenvalue weighted by Gasteiger charge is -2.14. The van der Waals surface area contributed by atoms with Gasteiger partial charge in [0.25, 0.3) is 0 Å². The number of aliphatic imine (C=N–C) groups is 1. The van der Waals surface area contributed by atoms with E-state index >= 15 is 0 Å². The molecule has 0 atom stereocenters. The molecule has 0 aliphatic heterocycles. The summed E-state index contributed by atoms with van der Waals surface area (Å²) in [6, 6.07) is 10.3. The van der Waals surface area contributed by atoms with Gasteiger partial charge in [0.15, 0.2) is 5.96 Å². The normalized spacial score (nSPS) is 11.3. The molecule has 7 nitrogen and oxygen atoms in total. The molecule has 28 heavy (non-hydrogen) atoms. The number of nitrogens with one attached hydrogen (secondary N) is 2. The largest absolute Gasteiger partial charge is 0.469 e. The van der Waals surface area contributed by atoms with Gasteiger partial charge in [0.1, 0.15) is 0 Å². The molecule has 0 radical (unpaired) electrons. The lowest BCUT2D eigenvalue weighted by molar-refractivity contribution is -0.140. The predicted octanol–water partition coefficient (Wildman–Crippen LogP) is 2.72. The molecule has 1 aromatic carbocycles. The minimum absolute atomic E-state index is 0.129. The number of nitrogens with zero attached hydrogens (tertiary/aromatic N) is 3. The smallest absolute Gasteiger partial charge is 0.305 e. The van der Waals surface area contributed by atoms with Crippen molar-refractivity contribution in [3.63, 3.8) is 0 Å². The van der Waals surface area contributed by atoms with Crippen molar-refractivity contribution < 1.29 is 9.53 Å². The van der Waals surface area contributed by atoms with Gasteiger partial charge in [-0.3, -0.25) is 14.5 Å². The van der Waals surface area contributed by atoms with Crippen LogP contribution in [0.1, 0.15) is 43.2 Å². The van der Waals surface area contributed by atoms with Crippen molar-refractivity contribution in [3.8, 4) is 0 Å². The van der Waals surface area contributed by atoms with Crippen LogP contribution < -0.4 is 10.6 Å². The Morgan fingerprint density at radius 1 is 1.11 bits per heavy atom. The van der Waals surface area contributed by atoms with Crippen molar-refractivity contribution in [1.82, 2.24) is 20.4 Å². The van der Waals surface area contributed by atoms with E-state index in [9.17, 15) is 4.79 Å². The highest BCUT2D eigenvalue weighted by atomic mass is 16.5. The van der Waals surface area contributed by atoms with E-state index < -0.39 is 0 Å². The van der Waals surface area contributed by atoms with Crippen molar-refractivity contribution in [3.05, 3.63) is 53.9 Å². The number of methoxy groups -OCH3 is 1. The molecule has 0 unspecified atom stereocenters. The van der Waals surface area contributed by atoms with Crippen LogP contribution in [0.4, 0.5) is 0 Å². The number of unbranched alkanes of at least 4 members (excludes halogenated alkanes) is 3. The highest BCUT2D eigenvalue weighted by Gasteiger charge is 2.05. The van der Waals surface area contributed by atoms with Crippen LogP contribution in [-0.4, -0.2) is 42.4 Å². The molecule has 0 saturated carbocycles. The summed E-state index contributed by atoms with van der Waals surface area (Å²) in [6.07, 6.45) is 8.30. The topological polar surface area (TPSA) is 80.5 Å². The zero-order valence-electron chi connectivity index (χ0n) is 16.9. The fourth-order valence-corrected chi connectivity index (χ4v) is 2.91. The van der Waals surface area contributed by atoms with E-state index in [1.807, 2.05) is 23.0 Å². The fourth-order valence-electron chi connectivity index (χ4n) is 2.91. The maximum atomic E-state index is 11.1. The van der Waals surface area contributed by atoms with Gasteiger partial charge in [-0.05, 0) is 30.0 Å². The van der Waals surface area contributed by atoms with Crippen LogP contribution >= 0.6 is 0 Å². The van der Waals surface area contributed by atoms with Crippen LogP contribution in [0.2, 0.25) is 0 Å². The Bertz CT molecular complexity index is 728. The zero-order chi connectivity index (χ0) is 20.0. The monoisotopic (exact) mass is 385 g/mol. The second-order valence-corrected chi connectivity index (χ2v) is 6.57. The first-order valence-electron chi connectivity index (χ1n) is 9.78. The summed E-state index contributed by atoms with van der Waals surface area (Å²) < 4.78 is 6.57. The number of rotatable bonds is 11. The number of esters is 1. The molecule has 0 amide bonds. The van der Waals surface area contributed by atoms with Crippen molar-refractivity contribution in [2.75, 3.05) is 20.7 Å². The minimum atomic E-state index is -0.129. The van der Waals surface area contributed by atoms with Gasteiger partial charge in [-0.15, -0.1) is 0 Å². The molecule has 7 heteroatoms. The lowest BCUT2D eigenvalue weighted by Crippen LogP contribution is -2.37. The molecule has 0 spiro atoms. The summed E-state index contributed by atoms with van der Waals surface area (Å²) in [5.41, 5.74) is 2.46. The van der Waals surface area contributed by atoms with Crippen molar-refractivity contribution in [2.24, 2.45) is 4.99 Å². The Kier molecular flexibility index (Phi) is 9.61. The molecule has 0 saturated heterocycles. The van der Waals surface area contributed by atoms with Crippen LogP contribution in [0.5, 0.6) is 0 Å². The third kappa shape index (κ3) is 7.82. The maximum Gasteiger partial charge on any atom is 0.305 e. The van der Waals surface area contributed by atoms with Crippen molar-refractivity contribution >= 4 is 11.9 Å². The van der Waals surface area contributed by atoms with E-state index in [-0.39, 0.29) is 5.97 Å². The first-order valence-corrected chi connectivity index (χ1v) is 9.78. The standard InChI is InChI=1S/C21H31N5O2/c1-22-21(23-13-8-4-3-5-12-20(27)28-2)24-16-18-10-6-7-11-19(18)17-26-15-9-14-25-26/h6-7,9-11,14-15H,3-5,8,12-13,16-17H2,1-2H3,(H2,22,23,24). The van der Waals surface area contributed by atoms with Gasteiger partial charge >= 0.3 is 5.97 Å². The zero-order valence-corrected chi connectivity index (χ0v) is 16.9. The highest BCUT2D eigenvalue weighted by molar-refractivity contribution is 5.79. The summed E-state index contributed by atoms with van der Waals surface area (Å²) in [6.45, 7) is 2.31. The van der Waals surface area contributed by atoms with Gasteiger partial charge in [0.2, 0.25) is 0 Å². The Morgan fingerprint density at radius 2 is 1.89 bits per heavy atom. The van der Waals surface area contributed by atoms with Crippen LogP contribution in [0.15, 0.2) is 47.7 Å². The van der Waals surface area contributed by atoms with E-state index in [0.717, 1.165) is 44.7 Å². The summed E-state index contributed by atoms with van der Waals surface area (Å²) in [5.74, 6) is 0.666. The van der Waals surface area contributed by atoms with Gasteiger partial charge in [0.05, 0.1) is 13.7 Å². The van der Waals surface area contributed by atoms with E-state index in [1.54, 1.807) is 13.2 Å². The van der Waals surface area contributed by atoms with Crippen LogP contribution in [0.25, 0.3) is 0 Å². The molecule has 0 aliphatic rings. The minimum Gasteiger partial charge on any atom is -0.469 e. The first-order chi connectivity index (χ1) is 13.7. The first kappa shape index (κ1) is 21.5. The average Bonchev–Trinajstić information content (AvgIpc) is 3.23. The summed E-state index contributed by atoms with van der Waals surface area (Å²) in [4.78, 5) is 15.4. The summed E-state index contributed by atoms with van der Waals surface area (Å²) in [5, 5.41) is 11.0. The average molecular weight is 386 g/mol. The van der Waals surface area contributed by atoms with Gasteiger partial charge in [-0.25, -0.2) is 0 Å². The van der Waals surface area contributed by atoms with E-state index in [0.29, 0.717) is 13.0 Å². The van der Waals surface area contributed by atoms with Crippen LogP contribution in [0, 0.1) is 0 Å². The number of carbonyl (C=O) groups excluding carboxylic acids is 1. The van der Waals surface area contributed by atoms with Gasteiger partial charge in [-0.1, -0.05) is 37.1 Å². The van der Waals surface area contributed by atoms with Crippen molar-refractivity contribution in [2.45, 2.75) is 45.2 Å². The SMILES string of the molecule is CN=C(NCCCCCCC(=O)OC)NCc1ccccc1Cn1cccn1. The lowest BCUT2D eigenvalue weighted by atomic mass is 10.1. The van der Waals surface area contributed by atoms with Crippen LogP contribution in [-0.2, 0) is 22.6 Å². The van der Waals surface area contributed by atoms with E-state index in [4.69, 9.17) is 0 Å². The molecular weight excluding hydrogens is 354 g/mol. The number of hydrogen-bond acceptors (Lipinski definition) is 4. The molecule has 1 heterocycles. The Hall–Kier alpha value is -2.83. The van der Waals surface area contributed by atoms with Gasteiger partial charge in [0, 0.05) is 39.0 Å². The third-order valence-electron chi connectivity index (χ3n) is 4.51. The molecule has 2 N–H and O–H groups in total. The summed E-state index contributed by atoms with van der Waals surface area (Å²) >= 11 is 0. The number of ether oxygens (including phenoxy) is 1. The summed E-state index contributed by atoms with van der Waals surface area (Å²) in [7, 11) is 3.21. The fraction of sp³-hybridized carbons (Fsp3) is 0.476. The van der Waals surface area contributed by atoms with Crippen LogP contribution in [0.3, 0.4) is 0 Å². The second-order valence-electron chi connectivity index (χ2n) is 6.57. The molecule has 152 valence electrons. The second kappa shape index (κ2) is 12.5. The molecular formula is C21H31N5O2. The Balaban J connectivity index is 1.69. The quantitative estimate of drug-likeness (QED) is 0.269. The Labute approximate surface area is 167 Å². The number of guanidine groups is 1. The highest BCUT2D eigenvalue weighted by Crippen LogP contribution is 2.10. The van der Waals surface area contributed by atoms with Crippen molar-refractivity contribution in [1.29, 1.82) is 0 Å². The van der Waals surface area contributed by atoms with E-state index in [1.165, 1.54) is 18.2 Å². The molecule has 2 rings (SSSR count). The maximum absolute atomic E-state index is 11.1. The molecule has 0 bridgehead atoms. The molecule has 2 aromatic rings. The Morgan fingerprint density at radius 3 is 2.61 bits per heavy atom. The van der Waals surface area contributed by atoms with E-state index in [2.05, 4.69) is 43.7 Å². The van der Waals surface area contributed by atoms with Gasteiger partial charge < -0.3 is 15.4 Å². The number of aromatic nitrogens is 2. The number of carbonyl (C=O) groups is 1. The third-order valence-corrected chi connectivity index (χ3v) is 4.51. The number of benzene rings is 1. The van der Waals surface area contributed by atoms with Gasteiger partial charge in [-0.2, -0.15) is 5.10 Å². The molecule has 1 aromatic heterocycles. The molecule has 0 fully saturated rings. The predicted molar refractivity (Wildman–Crippen MR) is 111 cm³/mol. The molecule has 0 aliphatic carbocycles.